The number of thioether (sulfide) groups is 1. The van der Waals surface area contributed by atoms with Gasteiger partial charge in [-0.15, -0.1) is 11.8 Å². The van der Waals surface area contributed by atoms with Gasteiger partial charge in [0.1, 0.15) is 5.82 Å². The number of H-pyrrole nitrogens is 1. The summed E-state index contributed by atoms with van der Waals surface area (Å²) in [6, 6.07) is 7.93. The molecule has 2 rings (SSSR count). The van der Waals surface area contributed by atoms with E-state index in [1.165, 1.54) is 0 Å². The Morgan fingerprint density at radius 2 is 2.09 bits per heavy atom. The fraction of sp³-hybridized carbons (Fsp3) is 0.529. The van der Waals surface area contributed by atoms with Crippen LogP contribution in [0.4, 0.5) is 0 Å². The standard InChI is InChI=1S/C17H25N3O2S/c1-11(2)13(8-9-21)18-16(22)10-23-12(3)17-19-14-6-4-5-7-15(14)20-17/h4-7,11-13,21H,8-10H2,1-3H3,(H,18,22)(H,19,20). The van der Waals surface area contributed by atoms with Gasteiger partial charge in [-0.3, -0.25) is 4.79 Å². The summed E-state index contributed by atoms with van der Waals surface area (Å²) in [5, 5.41) is 12.2. The van der Waals surface area contributed by atoms with Gasteiger partial charge in [-0.1, -0.05) is 26.0 Å². The average molecular weight is 335 g/mol. The van der Waals surface area contributed by atoms with E-state index in [4.69, 9.17) is 5.11 Å². The molecule has 2 aromatic rings. The number of aromatic nitrogens is 2. The maximum absolute atomic E-state index is 12.1. The number of amides is 1. The lowest BCUT2D eigenvalue weighted by atomic mass is 10.0. The van der Waals surface area contributed by atoms with Gasteiger partial charge in [0.2, 0.25) is 5.91 Å². The Kier molecular flexibility index (Phi) is 6.47. The minimum Gasteiger partial charge on any atom is -0.396 e. The highest BCUT2D eigenvalue weighted by atomic mass is 32.2. The van der Waals surface area contributed by atoms with Crippen LogP contribution in [-0.4, -0.2) is 39.4 Å². The van der Waals surface area contributed by atoms with Crippen molar-refractivity contribution in [1.29, 1.82) is 0 Å². The molecule has 2 unspecified atom stereocenters. The fourth-order valence-electron chi connectivity index (χ4n) is 2.40. The van der Waals surface area contributed by atoms with Gasteiger partial charge in [0.05, 0.1) is 22.0 Å². The van der Waals surface area contributed by atoms with Crippen LogP contribution in [0.1, 0.15) is 38.3 Å². The zero-order valence-corrected chi connectivity index (χ0v) is 14.7. The minimum atomic E-state index is 0.00473. The van der Waals surface area contributed by atoms with Crippen LogP contribution in [0.15, 0.2) is 24.3 Å². The molecule has 1 heterocycles. The lowest BCUT2D eigenvalue weighted by Gasteiger charge is -2.21. The molecule has 3 N–H and O–H groups in total. The molecule has 0 aliphatic carbocycles. The first kappa shape index (κ1) is 17.8. The molecule has 0 radical (unpaired) electrons. The molecule has 0 saturated carbocycles. The van der Waals surface area contributed by atoms with E-state index in [1.807, 2.05) is 45.0 Å². The Balaban J connectivity index is 1.88. The molecule has 0 saturated heterocycles. The molecule has 0 aliphatic heterocycles. The Morgan fingerprint density at radius 1 is 1.35 bits per heavy atom. The van der Waals surface area contributed by atoms with Gasteiger partial charge >= 0.3 is 0 Å². The highest BCUT2D eigenvalue weighted by molar-refractivity contribution is 8.00. The number of nitrogens with one attached hydrogen (secondary N) is 2. The number of rotatable bonds is 8. The van der Waals surface area contributed by atoms with Crippen molar-refractivity contribution in [2.24, 2.45) is 5.92 Å². The Morgan fingerprint density at radius 3 is 2.74 bits per heavy atom. The molecule has 0 fully saturated rings. The maximum atomic E-state index is 12.1. The molecule has 0 bridgehead atoms. The second kappa shape index (κ2) is 8.36. The summed E-state index contributed by atoms with van der Waals surface area (Å²) >= 11 is 1.56. The highest BCUT2D eigenvalue weighted by Gasteiger charge is 2.17. The number of fused-ring (bicyclic) bond motifs is 1. The van der Waals surface area contributed by atoms with E-state index in [2.05, 4.69) is 15.3 Å². The zero-order chi connectivity index (χ0) is 16.8. The van der Waals surface area contributed by atoms with Crippen LogP contribution in [0.3, 0.4) is 0 Å². The number of hydrogen-bond donors (Lipinski definition) is 3. The second-order valence-corrected chi connectivity index (χ2v) is 7.35. The summed E-state index contributed by atoms with van der Waals surface area (Å²) in [6.07, 6.45) is 0.590. The molecule has 23 heavy (non-hydrogen) atoms. The van der Waals surface area contributed by atoms with Gasteiger partial charge in [-0.25, -0.2) is 4.98 Å². The van der Waals surface area contributed by atoms with Crippen molar-refractivity contribution < 1.29 is 9.90 Å². The first-order chi connectivity index (χ1) is 11.0. The van der Waals surface area contributed by atoms with E-state index in [1.54, 1.807) is 11.8 Å². The van der Waals surface area contributed by atoms with E-state index in [0.717, 1.165) is 16.9 Å². The second-order valence-electron chi connectivity index (χ2n) is 6.02. The molecule has 6 heteroatoms. The quantitative estimate of drug-likeness (QED) is 0.693. The first-order valence-electron chi connectivity index (χ1n) is 7.97. The molecule has 1 aromatic heterocycles. The molecule has 1 amide bonds. The summed E-state index contributed by atoms with van der Waals surface area (Å²) in [7, 11) is 0. The monoisotopic (exact) mass is 335 g/mol. The van der Waals surface area contributed by atoms with Crippen molar-refractivity contribution in [3.63, 3.8) is 0 Å². The number of benzene rings is 1. The van der Waals surface area contributed by atoms with E-state index >= 15 is 0 Å². The zero-order valence-electron chi connectivity index (χ0n) is 13.9. The van der Waals surface area contributed by atoms with Crippen LogP contribution >= 0.6 is 11.8 Å². The topological polar surface area (TPSA) is 78.0 Å². The van der Waals surface area contributed by atoms with Crippen molar-refractivity contribution in [3.8, 4) is 0 Å². The number of hydrogen-bond acceptors (Lipinski definition) is 4. The predicted molar refractivity (Wildman–Crippen MR) is 95.4 cm³/mol. The van der Waals surface area contributed by atoms with Crippen LogP contribution in [0, 0.1) is 5.92 Å². The van der Waals surface area contributed by atoms with Gasteiger partial charge in [0.15, 0.2) is 0 Å². The van der Waals surface area contributed by atoms with E-state index in [-0.39, 0.29) is 23.8 Å². The maximum Gasteiger partial charge on any atom is 0.230 e. The first-order valence-corrected chi connectivity index (χ1v) is 9.02. The van der Waals surface area contributed by atoms with E-state index in [9.17, 15) is 4.79 Å². The molecule has 2 atom stereocenters. The summed E-state index contributed by atoms with van der Waals surface area (Å²) < 4.78 is 0. The lowest BCUT2D eigenvalue weighted by Crippen LogP contribution is -2.40. The molecule has 0 spiro atoms. The van der Waals surface area contributed by atoms with Crippen LogP contribution in [0.25, 0.3) is 11.0 Å². The summed E-state index contributed by atoms with van der Waals surface area (Å²) in [4.78, 5) is 20.0. The third-order valence-electron chi connectivity index (χ3n) is 3.85. The van der Waals surface area contributed by atoms with Crippen LogP contribution in [-0.2, 0) is 4.79 Å². The fourth-order valence-corrected chi connectivity index (χ4v) is 3.16. The third-order valence-corrected chi connectivity index (χ3v) is 5.00. The third kappa shape index (κ3) is 4.97. The van der Waals surface area contributed by atoms with Crippen molar-refractivity contribution in [2.75, 3.05) is 12.4 Å². The number of para-hydroxylation sites is 2. The molecule has 126 valence electrons. The van der Waals surface area contributed by atoms with Gasteiger partial charge in [0, 0.05) is 12.6 Å². The number of aliphatic hydroxyl groups excluding tert-OH is 1. The number of aliphatic hydroxyl groups is 1. The van der Waals surface area contributed by atoms with Crippen molar-refractivity contribution in [3.05, 3.63) is 30.1 Å². The van der Waals surface area contributed by atoms with Gasteiger partial charge in [-0.05, 0) is 31.4 Å². The Hall–Kier alpha value is -1.53. The smallest absolute Gasteiger partial charge is 0.230 e. The summed E-state index contributed by atoms with van der Waals surface area (Å²) in [5.41, 5.74) is 1.96. The molecule has 1 aromatic carbocycles. The normalized spacial score (nSPS) is 14.1. The van der Waals surface area contributed by atoms with Crippen molar-refractivity contribution in [1.82, 2.24) is 15.3 Å². The van der Waals surface area contributed by atoms with Crippen LogP contribution in [0.5, 0.6) is 0 Å². The van der Waals surface area contributed by atoms with Crippen LogP contribution in [0.2, 0.25) is 0 Å². The van der Waals surface area contributed by atoms with E-state index < -0.39 is 0 Å². The minimum absolute atomic E-state index is 0.00473. The van der Waals surface area contributed by atoms with Crippen molar-refractivity contribution >= 4 is 28.7 Å². The molecule has 0 aliphatic rings. The lowest BCUT2D eigenvalue weighted by molar-refractivity contribution is -0.119. The number of carbonyl (C=O) groups excluding carboxylic acids is 1. The number of carbonyl (C=O) groups is 1. The molecular weight excluding hydrogens is 310 g/mol. The predicted octanol–water partition coefficient (Wildman–Crippen LogP) is 2.88. The summed E-state index contributed by atoms with van der Waals surface area (Å²) in [6.45, 7) is 6.23. The molecular formula is C17H25N3O2S. The van der Waals surface area contributed by atoms with Gasteiger partial charge in [-0.2, -0.15) is 0 Å². The van der Waals surface area contributed by atoms with Gasteiger partial charge < -0.3 is 15.4 Å². The van der Waals surface area contributed by atoms with E-state index in [0.29, 0.717) is 18.1 Å². The number of aromatic amines is 1. The van der Waals surface area contributed by atoms with Crippen LogP contribution < -0.4 is 5.32 Å². The molecule has 5 nitrogen and oxygen atoms in total. The van der Waals surface area contributed by atoms with Gasteiger partial charge in [0.25, 0.3) is 0 Å². The highest BCUT2D eigenvalue weighted by Crippen LogP contribution is 2.27. The summed E-state index contributed by atoms with van der Waals surface area (Å²) in [5.74, 6) is 1.58. The number of imidazole rings is 1. The van der Waals surface area contributed by atoms with Crippen molar-refractivity contribution in [2.45, 2.75) is 38.5 Å². The Bertz CT molecular complexity index is 609. The average Bonchev–Trinajstić information content (AvgIpc) is 2.96. The number of nitrogens with zero attached hydrogens (tertiary/aromatic N) is 1. The SMILES string of the molecule is CC(SCC(=O)NC(CCO)C(C)C)c1nc2ccccc2[nH]1. The Labute approximate surface area is 141 Å². The largest absolute Gasteiger partial charge is 0.396 e.